The zero-order chi connectivity index (χ0) is 15.0. The van der Waals surface area contributed by atoms with Crippen molar-refractivity contribution in [2.75, 3.05) is 39.5 Å². The quantitative estimate of drug-likeness (QED) is 0.743. The molecule has 0 atom stereocenters. The molecule has 1 heterocycles. The fourth-order valence-corrected chi connectivity index (χ4v) is 4.60. The van der Waals surface area contributed by atoms with Crippen LogP contribution in [0.3, 0.4) is 0 Å². The largest absolute Gasteiger partial charge is 0.379 e. The molecule has 3 rings (SSSR count). The molecule has 0 amide bonds. The second-order valence-corrected chi connectivity index (χ2v) is 7.71. The molecule has 2 aliphatic carbocycles. The van der Waals surface area contributed by atoms with E-state index >= 15 is 0 Å². The summed E-state index contributed by atoms with van der Waals surface area (Å²) in [6.45, 7) is 5.96. The van der Waals surface area contributed by atoms with Gasteiger partial charge in [-0.2, -0.15) is 0 Å². The van der Waals surface area contributed by atoms with Crippen molar-refractivity contribution in [1.29, 1.82) is 0 Å². The van der Waals surface area contributed by atoms with Crippen LogP contribution in [0.15, 0.2) is 0 Å². The molecule has 128 valence electrons. The zero-order valence-corrected chi connectivity index (χ0v) is 14.3. The predicted molar refractivity (Wildman–Crippen MR) is 90.1 cm³/mol. The van der Waals surface area contributed by atoms with Gasteiger partial charge in [-0.3, -0.25) is 4.90 Å². The Morgan fingerprint density at radius 3 is 2.23 bits per heavy atom. The van der Waals surface area contributed by atoms with E-state index in [-0.39, 0.29) is 0 Å². The average molecular weight is 309 g/mol. The maximum atomic E-state index is 6.14. The van der Waals surface area contributed by atoms with E-state index in [9.17, 15) is 0 Å². The molecule has 2 saturated carbocycles. The van der Waals surface area contributed by atoms with Crippen molar-refractivity contribution in [1.82, 2.24) is 4.90 Å². The molecule has 3 fully saturated rings. The third-order valence-electron chi connectivity index (χ3n) is 6.05. The first-order valence-electron chi connectivity index (χ1n) is 9.82. The number of nitrogens with zero attached hydrogens (tertiary/aromatic N) is 1. The standard InChI is InChI=1S/C19H35NO2/c1-2-4-17(5-3-1)16-18-6-8-19(9-7-18)22-15-12-20-10-13-21-14-11-20/h17-19H,1-16H2. The minimum absolute atomic E-state index is 0.545. The summed E-state index contributed by atoms with van der Waals surface area (Å²) in [5.74, 6) is 2.06. The molecular formula is C19H35NO2. The lowest BCUT2D eigenvalue weighted by atomic mass is 9.77. The van der Waals surface area contributed by atoms with Gasteiger partial charge in [0.15, 0.2) is 0 Å². The van der Waals surface area contributed by atoms with Gasteiger partial charge in [0.2, 0.25) is 0 Å². The molecule has 0 radical (unpaired) electrons. The smallest absolute Gasteiger partial charge is 0.0597 e. The van der Waals surface area contributed by atoms with Crippen LogP contribution in [0.1, 0.15) is 64.2 Å². The molecule has 0 bridgehead atoms. The fourth-order valence-electron chi connectivity index (χ4n) is 4.60. The predicted octanol–water partition coefficient (Wildman–Crippen LogP) is 3.86. The van der Waals surface area contributed by atoms with E-state index in [0.29, 0.717) is 6.10 Å². The minimum Gasteiger partial charge on any atom is -0.379 e. The molecule has 0 spiro atoms. The van der Waals surface area contributed by atoms with Crippen LogP contribution in [0.4, 0.5) is 0 Å². The number of ether oxygens (including phenoxy) is 2. The van der Waals surface area contributed by atoms with E-state index in [2.05, 4.69) is 4.90 Å². The number of morpholine rings is 1. The van der Waals surface area contributed by atoms with Crippen LogP contribution in [-0.2, 0) is 9.47 Å². The van der Waals surface area contributed by atoms with Crippen LogP contribution >= 0.6 is 0 Å². The van der Waals surface area contributed by atoms with E-state index in [4.69, 9.17) is 9.47 Å². The minimum atomic E-state index is 0.545. The van der Waals surface area contributed by atoms with Crippen LogP contribution in [0.25, 0.3) is 0 Å². The van der Waals surface area contributed by atoms with Crippen molar-refractivity contribution in [3.63, 3.8) is 0 Å². The van der Waals surface area contributed by atoms with Gasteiger partial charge in [0, 0.05) is 19.6 Å². The molecule has 0 unspecified atom stereocenters. The molecule has 1 aliphatic heterocycles. The van der Waals surface area contributed by atoms with E-state index in [1.165, 1.54) is 64.2 Å². The van der Waals surface area contributed by atoms with E-state index in [1.54, 1.807) is 0 Å². The lowest BCUT2D eigenvalue weighted by Crippen LogP contribution is -2.39. The summed E-state index contributed by atoms with van der Waals surface area (Å²) in [6.07, 6.45) is 15.0. The van der Waals surface area contributed by atoms with Gasteiger partial charge in [-0.15, -0.1) is 0 Å². The van der Waals surface area contributed by atoms with Gasteiger partial charge in [0.25, 0.3) is 0 Å². The second-order valence-electron chi connectivity index (χ2n) is 7.71. The third-order valence-corrected chi connectivity index (χ3v) is 6.05. The van der Waals surface area contributed by atoms with Gasteiger partial charge in [-0.05, 0) is 43.9 Å². The topological polar surface area (TPSA) is 21.7 Å². The Hall–Kier alpha value is -0.120. The summed E-state index contributed by atoms with van der Waals surface area (Å²) in [4.78, 5) is 2.47. The highest BCUT2D eigenvalue weighted by atomic mass is 16.5. The van der Waals surface area contributed by atoms with Crippen LogP contribution < -0.4 is 0 Å². The highest BCUT2D eigenvalue weighted by Crippen LogP contribution is 2.35. The molecule has 0 aromatic rings. The molecule has 0 aromatic carbocycles. The summed E-state index contributed by atoms with van der Waals surface area (Å²) in [7, 11) is 0. The Bertz CT molecular complexity index is 290. The van der Waals surface area contributed by atoms with Crippen molar-refractivity contribution in [3.8, 4) is 0 Å². The maximum absolute atomic E-state index is 6.14. The van der Waals surface area contributed by atoms with Gasteiger partial charge < -0.3 is 9.47 Å². The summed E-state index contributed by atoms with van der Waals surface area (Å²) >= 11 is 0. The molecule has 0 N–H and O–H groups in total. The number of hydrogen-bond acceptors (Lipinski definition) is 3. The summed E-state index contributed by atoms with van der Waals surface area (Å²) < 4.78 is 11.5. The summed E-state index contributed by atoms with van der Waals surface area (Å²) in [6, 6.07) is 0. The fraction of sp³-hybridized carbons (Fsp3) is 1.00. The van der Waals surface area contributed by atoms with Gasteiger partial charge >= 0.3 is 0 Å². The zero-order valence-electron chi connectivity index (χ0n) is 14.3. The highest BCUT2D eigenvalue weighted by molar-refractivity contribution is 4.77. The highest BCUT2D eigenvalue weighted by Gasteiger charge is 2.25. The third kappa shape index (κ3) is 5.50. The van der Waals surface area contributed by atoms with Gasteiger partial charge in [-0.25, -0.2) is 0 Å². The number of hydrogen-bond donors (Lipinski definition) is 0. The van der Waals surface area contributed by atoms with Crippen molar-refractivity contribution in [2.45, 2.75) is 70.3 Å². The first-order chi connectivity index (χ1) is 10.9. The van der Waals surface area contributed by atoms with Crippen molar-refractivity contribution in [2.24, 2.45) is 11.8 Å². The number of rotatable bonds is 6. The average Bonchev–Trinajstić information content (AvgIpc) is 2.58. The lowest BCUT2D eigenvalue weighted by molar-refractivity contribution is -0.0146. The molecule has 3 nitrogen and oxygen atoms in total. The monoisotopic (exact) mass is 309 g/mol. The molecule has 22 heavy (non-hydrogen) atoms. The summed E-state index contributed by atoms with van der Waals surface area (Å²) in [5, 5.41) is 0. The van der Waals surface area contributed by atoms with Crippen LogP contribution in [0.2, 0.25) is 0 Å². The molecule has 3 heteroatoms. The van der Waals surface area contributed by atoms with E-state index in [0.717, 1.165) is 51.3 Å². The van der Waals surface area contributed by atoms with Crippen molar-refractivity contribution < 1.29 is 9.47 Å². The van der Waals surface area contributed by atoms with Crippen LogP contribution in [0, 0.1) is 11.8 Å². The maximum Gasteiger partial charge on any atom is 0.0597 e. The molecular weight excluding hydrogens is 274 g/mol. The Kier molecular flexibility index (Phi) is 7.03. The van der Waals surface area contributed by atoms with Gasteiger partial charge in [0.1, 0.15) is 0 Å². The van der Waals surface area contributed by atoms with Crippen LogP contribution in [0.5, 0.6) is 0 Å². The van der Waals surface area contributed by atoms with E-state index < -0.39 is 0 Å². The second kappa shape index (κ2) is 9.24. The first kappa shape index (κ1) is 16.7. The Morgan fingerprint density at radius 1 is 0.818 bits per heavy atom. The SMILES string of the molecule is C1CCC(CC2CCC(OCCN3CCOCC3)CC2)CC1. The summed E-state index contributed by atoms with van der Waals surface area (Å²) in [5.41, 5.74) is 0. The normalized spacial score (nSPS) is 32.2. The lowest BCUT2D eigenvalue weighted by Gasteiger charge is -2.33. The Labute approximate surface area is 136 Å². The first-order valence-corrected chi connectivity index (χ1v) is 9.82. The van der Waals surface area contributed by atoms with E-state index in [1.807, 2.05) is 0 Å². The van der Waals surface area contributed by atoms with Crippen LogP contribution in [-0.4, -0.2) is 50.5 Å². The molecule has 3 aliphatic rings. The Morgan fingerprint density at radius 2 is 1.50 bits per heavy atom. The van der Waals surface area contributed by atoms with Crippen molar-refractivity contribution >= 4 is 0 Å². The van der Waals surface area contributed by atoms with Gasteiger partial charge in [0.05, 0.1) is 25.9 Å². The Balaban J connectivity index is 1.25. The van der Waals surface area contributed by atoms with Crippen molar-refractivity contribution in [3.05, 3.63) is 0 Å². The molecule has 0 aromatic heterocycles. The molecule has 1 saturated heterocycles. The van der Waals surface area contributed by atoms with Gasteiger partial charge in [-0.1, -0.05) is 32.1 Å².